The summed E-state index contributed by atoms with van der Waals surface area (Å²) in [5, 5.41) is 6.54. The molecule has 38 heavy (non-hydrogen) atoms. The molecule has 11 heteroatoms. The van der Waals surface area contributed by atoms with Gasteiger partial charge < -0.3 is 10.6 Å². The lowest BCUT2D eigenvalue weighted by Gasteiger charge is -2.33. The van der Waals surface area contributed by atoms with Crippen LogP contribution in [0.15, 0.2) is 47.4 Å². The molecule has 0 atom stereocenters. The van der Waals surface area contributed by atoms with Gasteiger partial charge in [-0.3, -0.25) is 4.79 Å². The Bertz CT molecular complexity index is 1580. The van der Waals surface area contributed by atoms with Gasteiger partial charge >= 0.3 is 6.18 Å². The molecule has 2 N–H and O–H groups in total. The highest BCUT2D eigenvalue weighted by Crippen LogP contribution is 2.32. The number of anilines is 2. The van der Waals surface area contributed by atoms with Gasteiger partial charge in [0.25, 0.3) is 5.56 Å². The minimum Gasteiger partial charge on any atom is -0.324 e. The van der Waals surface area contributed by atoms with Crippen molar-refractivity contribution in [2.24, 2.45) is 0 Å². The average Bonchev–Trinajstić information content (AvgIpc) is 3.07. The Kier molecular flexibility index (Phi) is 6.09. The molecule has 0 aliphatic carbocycles. The Morgan fingerprint density at radius 2 is 1.87 bits per heavy atom. The summed E-state index contributed by atoms with van der Waals surface area (Å²) in [5.74, 6) is 0.325. The molecule has 1 aliphatic heterocycles. The fraction of sp³-hybridized carbons (Fsp3) is 0.407. The van der Waals surface area contributed by atoms with E-state index in [0.717, 1.165) is 29.0 Å². The maximum atomic E-state index is 13.5. The molecule has 0 saturated carbocycles. The number of halogens is 3. The third kappa shape index (κ3) is 4.90. The second kappa shape index (κ2) is 8.93. The first kappa shape index (κ1) is 25.9. The van der Waals surface area contributed by atoms with Crippen LogP contribution in [0.5, 0.6) is 0 Å². The zero-order valence-electron chi connectivity index (χ0n) is 21.9. The molecule has 4 heterocycles. The highest BCUT2D eigenvalue weighted by atomic mass is 19.4. The number of hydrogen-bond donors (Lipinski definition) is 2. The predicted octanol–water partition coefficient (Wildman–Crippen LogP) is 4.96. The molecule has 0 fully saturated rings. The van der Waals surface area contributed by atoms with E-state index in [1.165, 1.54) is 11.8 Å². The Labute approximate surface area is 217 Å². The molecular formula is C27H30F3N7O. The van der Waals surface area contributed by atoms with Crippen LogP contribution in [-0.2, 0) is 23.9 Å². The van der Waals surface area contributed by atoms with Gasteiger partial charge in [-0.2, -0.15) is 18.2 Å². The van der Waals surface area contributed by atoms with Crippen LogP contribution in [0.3, 0.4) is 0 Å². The summed E-state index contributed by atoms with van der Waals surface area (Å²) in [5.41, 5.74) is 2.63. The third-order valence-corrected chi connectivity index (χ3v) is 6.70. The number of hydrogen-bond acceptors (Lipinski definition) is 6. The summed E-state index contributed by atoms with van der Waals surface area (Å²) >= 11 is 0. The van der Waals surface area contributed by atoms with E-state index in [-0.39, 0.29) is 33.6 Å². The monoisotopic (exact) mass is 525 g/mol. The molecule has 5 rings (SSSR count). The summed E-state index contributed by atoms with van der Waals surface area (Å²) in [4.78, 5) is 26.4. The van der Waals surface area contributed by atoms with E-state index in [1.54, 1.807) is 18.2 Å². The van der Waals surface area contributed by atoms with Gasteiger partial charge in [-0.1, -0.05) is 46.8 Å². The van der Waals surface area contributed by atoms with Crippen molar-refractivity contribution >= 4 is 22.7 Å². The van der Waals surface area contributed by atoms with E-state index >= 15 is 0 Å². The van der Waals surface area contributed by atoms with Crippen molar-refractivity contribution in [1.29, 1.82) is 0 Å². The topological polar surface area (TPSA) is 89.7 Å². The first-order valence-corrected chi connectivity index (χ1v) is 12.4. The molecule has 0 saturated heterocycles. The van der Waals surface area contributed by atoms with Crippen molar-refractivity contribution in [1.82, 2.24) is 29.6 Å². The molecular weight excluding hydrogens is 495 g/mol. The summed E-state index contributed by atoms with van der Waals surface area (Å²) in [7, 11) is 0. The van der Waals surface area contributed by atoms with Crippen molar-refractivity contribution in [2.45, 2.75) is 64.7 Å². The minimum atomic E-state index is -4.63. The molecule has 200 valence electrons. The van der Waals surface area contributed by atoms with Crippen LogP contribution in [0.4, 0.5) is 24.8 Å². The number of nitrogens with zero attached hydrogens (tertiary/aromatic N) is 5. The number of alkyl halides is 3. The Morgan fingerprint density at radius 3 is 2.58 bits per heavy atom. The van der Waals surface area contributed by atoms with Crippen LogP contribution < -0.4 is 16.2 Å². The summed E-state index contributed by atoms with van der Waals surface area (Å²) in [6.07, 6.45) is -3.37. The van der Waals surface area contributed by atoms with Gasteiger partial charge in [-0.15, -0.1) is 0 Å². The smallest absolute Gasteiger partial charge is 0.324 e. The van der Waals surface area contributed by atoms with Crippen molar-refractivity contribution in [3.63, 3.8) is 0 Å². The van der Waals surface area contributed by atoms with Crippen LogP contribution in [0.2, 0.25) is 0 Å². The van der Waals surface area contributed by atoms with E-state index in [2.05, 4.69) is 45.5 Å². The van der Waals surface area contributed by atoms with Gasteiger partial charge in [0.2, 0.25) is 5.95 Å². The normalized spacial score (nSPS) is 15.5. The van der Waals surface area contributed by atoms with Gasteiger partial charge in [0.1, 0.15) is 11.9 Å². The number of pyridine rings is 1. The van der Waals surface area contributed by atoms with Gasteiger partial charge in [-0.05, 0) is 35.4 Å². The number of rotatable bonds is 4. The van der Waals surface area contributed by atoms with Crippen molar-refractivity contribution in [3.05, 3.63) is 69.8 Å². The van der Waals surface area contributed by atoms with Crippen molar-refractivity contribution < 1.29 is 13.2 Å². The Balaban J connectivity index is 1.63. The van der Waals surface area contributed by atoms with Gasteiger partial charge in [0.15, 0.2) is 11.5 Å². The maximum absolute atomic E-state index is 13.5. The van der Waals surface area contributed by atoms with E-state index < -0.39 is 18.3 Å². The lowest BCUT2D eigenvalue weighted by Crippen LogP contribution is -2.38. The quantitative estimate of drug-likeness (QED) is 0.392. The van der Waals surface area contributed by atoms with Crippen molar-refractivity contribution in [3.8, 4) is 5.82 Å². The standard InChI is InChI=1S/C27H30F3N7O/c1-25(2,3)20-7-6-8-21(34-20)37-22-18(23(38)36(37)15-27(28,29)30)13-32-24(35-22)33-17-9-10-19-16(11-17)12-31-14-26(19,4)5/h6-11,13,31H,12,14-15H2,1-5H3,(H,32,33,35). The number of benzene rings is 1. The fourth-order valence-electron chi connectivity index (χ4n) is 4.80. The third-order valence-electron chi connectivity index (χ3n) is 6.70. The van der Waals surface area contributed by atoms with Gasteiger partial charge in [0.05, 0.1) is 0 Å². The van der Waals surface area contributed by atoms with Crippen LogP contribution >= 0.6 is 0 Å². The zero-order chi connectivity index (χ0) is 27.5. The lowest BCUT2D eigenvalue weighted by molar-refractivity contribution is -0.144. The second-order valence-electron chi connectivity index (χ2n) is 11.3. The van der Waals surface area contributed by atoms with Gasteiger partial charge in [0, 0.05) is 41.5 Å². The van der Waals surface area contributed by atoms with E-state index in [9.17, 15) is 18.0 Å². The molecule has 0 unspecified atom stereocenters. The van der Waals surface area contributed by atoms with Crippen LogP contribution in [0.25, 0.3) is 16.9 Å². The van der Waals surface area contributed by atoms with E-state index in [0.29, 0.717) is 10.4 Å². The van der Waals surface area contributed by atoms with E-state index in [1.807, 2.05) is 32.9 Å². The molecule has 1 aliphatic rings. The fourth-order valence-corrected chi connectivity index (χ4v) is 4.80. The number of aromatic nitrogens is 5. The van der Waals surface area contributed by atoms with Crippen LogP contribution in [0, 0.1) is 0 Å². The maximum Gasteiger partial charge on any atom is 0.408 e. The van der Waals surface area contributed by atoms with E-state index in [4.69, 9.17) is 0 Å². The molecule has 0 spiro atoms. The highest BCUT2D eigenvalue weighted by molar-refractivity contribution is 5.77. The lowest BCUT2D eigenvalue weighted by atomic mass is 9.79. The molecule has 0 radical (unpaired) electrons. The Morgan fingerprint density at radius 1 is 1.11 bits per heavy atom. The molecule has 3 aromatic heterocycles. The largest absolute Gasteiger partial charge is 0.408 e. The van der Waals surface area contributed by atoms with Crippen LogP contribution in [0.1, 0.15) is 51.4 Å². The van der Waals surface area contributed by atoms with Crippen molar-refractivity contribution in [2.75, 3.05) is 11.9 Å². The minimum absolute atomic E-state index is 0.00637. The predicted molar refractivity (Wildman–Crippen MR) is 140 cm³/mol. The SMILES string of the molecule is CC(C)(C)c1cccc(-n2c3nc(Nc4ccc5c(c4)CNCC5(C)C)ncc3c(=O)n2CC(F)(F)F)n1. The summed E-state index contributed by atoms with van der Waals surface area (Å²) in [6.45, 7) is 10.3. The van der Waals surface area contributed by atoms with Gasteiger partial charge in [-0.25, -0.2) is 19.3 Å². The summed E-state index contributed by atoms with van der Waals surface area (Å²) in [6, 6.07) is 11.1. The average molecular weight is 526 g/mol. The molecule has 0 amide bonds. The zero-order valence-corrected chi connectivity index (χ0v) is 21.9. The molecule has 0 bridgehead atoms. The molecule has 1 aromatic carbocycles. The second-order valence-corrected chi connectivity index (χ2v) is 11.3. The summed E-state index contributed by atoms with van der Waals surface area (Å²) < 4.78 is 42.3. The number of fused-ring (bicyclic) bond motifs is 2. The molecule has 4 aromatic rings. The first-order valence-electron chi connectivity index (χ1n) is 12.4. The van der Waals surface area contributed by atoms with Crippen LogP contribution in [-0.4, -0.2) is 37.0 Å². The Hall–Kier alpha value is -3.73. The number of nitrogens with one attached hydrogen (secondary N) is 2. The molecule has 8 nitrogen and oxygen atoms in total. The highest BCUT2D eigenvalue weighted by Gasteiger charge is 2.32. The first-order chi connectivity index (χ1) is 17.7.